The molecule has 4 aromatic rings. The van der Waals surface area contributed by atoms with Crippen LogP contribution in [0.1, 0.15) is 36.3 Å². The number of nitrogens with zero attached hydrogens (tertiary/aromatic N) is 2. The predicted octanol–water partition coefficient (Wildman–Crippen LogP) is 5.17. The first kappa shape index (κ1) is 20.7. The van der Waals surface area contributed by atoms with Crippen molar-refractivity contribution in [2.75, 3.05) is 0 Å². The summed E-state index contributed by atoms with van der Waals surface area (Å²) in [5, 5.41) is 2.96. The van der Waals surface area contributed by atoms with Crippen molar-refractivity contribution in [2.45, 2.75) is 32.4 Å². The van der Waals surface area contributed by atoms with Crippen molar-refractivity contribution in [2.24, 2.45) is 0 Å². The lowest BCUT2D eigenvalue weighted by atomic mass is 10.1. The molecule has 3 aromatic carbocycles. The number of aromatic nitrogens is 2. The highest BCUT2D eigenvalue weighted by Gasteiger charge is 2.24. The molecule has 0 aliphatic heterocycles. The third kappa shape index (κ3) is 4.63. The Hall–Kier alpha value is -3.54. The molecule has 0 aliphatic rings. The van der Waals surface area contributed by atoms with Crippen LogP contribution >= 0.6 is 0 Å². The standard InChI is InChI=1S/C25H23F2N3O/c1-2-22(25(31)28-16-18-9-13-20(27)14-10-18)30-23-6-4-3-5-21(23)29-24(30)15-17-7-11-19(26)12-8-17/h3-14,22H,2,15-16H2,1H3,(H,28,31). The molecule has 0 fully saturated rings. The maximum atomic E-state index is 13.3. The minimum Gasteiger partial charge on any atom is -0.350 e. The smallest absolute Gasteiger partial charge is 0.243 e. The van der Waals surface area contributed by atoms with Crippen LogP contribution in [-0.4, -0.2) is 15.5 Å². The topological polar surface area (TPSA) is 46.9 Å². The number of hydrogen-bond donors (Lipinski definition) is 1. The van der Waals surface area contributed by atoms with Crippen LogP contribution in [0.25, 0.3) is 11.0 Å². The zero-order chi connectivity index (χ0) is 21.8. The van der Waals surface area contributed by atoms with Crippen LogP contribution in [0.3, 0.4) is 0 Å². The number of amides is 1. The summed E-state index contributed by atoms with van der Waals surface area (Å²) >= 11 is 0. The van der Waals surface area contributed by atoms with E-state index in [0.717, 1.165) is 28.0 Å². The Balaban J connectivity index is 1.63. The molecule has 0 saturated heterocycles. The van der Waals surface area contributed by atoms with E-state index in [2.05, 4.69) is 5.32 Å². The predicted molar refractivity (Wildman–Crippen MR) is 117 cm³/mol. The fourth-order valence-corrected chi connectivity index (χ4v) is 3.75. The number of rotatable bonds is 7. The second-order valence-electron chi connectivity index (χ2n) is 7.46. The van der Waals surface area contributed by atoms with Crippen molar-refractivity contribution in [3.8, 4) is 0 Å². The second kappa shape index (κ2) is 9.08. The van der Waals surface area contributed by atoms with Crippen LogP contribution in [-0.2, 0) is 17.8 Å². The molecule has 0 saturated carbocycles. The molecule has 0 bridgehead atoms. The first-order valence-electron chi connectivity index (χ1n) is 10.3. The number of benzene rings is 3. The number of fused-ring (bicyclic) bond motifs is 1. The molecule has 4 rings (SSSR count). The molecule has 1 unspecified atom stereocenters. The van der Waals surface area contributed by atoms with Crippen molar-refractivity contribution < 1.29 is 13.6 Å². The number of imidazole rings is 1. The lowest BCUT2D eigenvalue weighted by Crippen LogP contribution is -2.32. The van der Waals surface area contributed by atoms with Crippen molar-refractivity contribution >= 4 is 16.9 Å². The van der Waals surface area contributed by atoms with Gasteiger partial charge in [0.25, 0.3) is 0 Å². The lowest BCUT2D eigenvalue weighted by molar-refractivity contribution is -0.124. The fraction of sp³-hybridized carbons (Fsp3) is 0.200. The summed E-state index contributed by atoms with van der Waals surface area (Å²) < 4.78 is 28.4. The molecule has 0 radical (unpaired) electrons. The summed E-state index contributed by atoms with van der Waals surface area (Å²) in [4.78, 5) is 17.9. The van der Waals surface area contributed by atoms with Gasteiger partial charge >= 0.3 is 0 Å². The Morgan fingerprint density at radius 1 is 0.935 bits per heavy atom. The maximum absolute atomic E-state index is 13.3. The van der Waals surface area contributed by atoms with Gasteiger partial charge in [0.15, 0.2) is 0 Å². The average molecular weight is 419 g/mol. The van der Waals surface area contributed by atoms with Crippen molar-refractivity contribution in [1.82, 2.24) is 14.9 Å². The van der Waals surface area contributed by atoms with E-state index in [9.17, 15) is 13.6 Å². The summed E-state index contributed by atoms with van der Waals surface area (Å²) in [6.45, 7) is 2.27. The first-order chi connectivity index (χ1) is 15.0. The number of carbonyl (C=O) groups is 1. The molecule has 6 heteroatoms. The third-order valence-electron chi connectivity index (χ3n) is 5.33. The van der Waals surface area contributed by atoms with E-state index in [1.54, 1.807) is 24.3 Å². The van der Waals surface area contributed by atoms with E-state index in [-0.39, 0.29) is 17.5 Å². The van der Waals surface area contributed by atoms with E-state index in [1.807, 2.05) is 35.8 Å². The zero-order valence-corrected chi connectivity index (χ0v) is 17.2. The highest BCUT2D eigenvalue weighted by atomic mass is 19.1. The van der Waals surface area contributed by atoms with Gasteiger partial charge in [0, 0.05) is 13.0 Å². The van der Waals surface area contributed by atoms with E-state index in [0.29, 0.717) is 19.4 Å². The molecule has 1 aromatic heterocycles. The van der Waals surface area contributed by atoms with Gasteiger partial charge < -0.3 is 9.88 Å². The molecule has 0 spiro atoms. The number of hydrogen-bond acceptors (Lipinski definition) is 2. The normalized spacial score (nSPS) is 12.1. The summed E-state index contributed by atoms with van der Waals surface area (Å²) in [7, 11) is 0. The molecule has 31 heavy (non-hydrogen) atoms. The van der Waals surface area contributed by atoms with Gasteiger partial charge in [-0.1, -0.05) is 43.3 Å². The first-order valence-corrected chi connectivity index (χ1v) is 10.3. The number of carbonyl (C=O) groups excluding carboxylic acids is 1. The molecule has 0 aliphatic carbocycles. The molecule has 158 valence electrons. The van der Waals surface area contributed by atoms with Gasteiger partial charge in [0.05, 0.1) is 11.0 Å². The molecular formula is C25H23F2N3O. The number of halogens is 2. The number of nitrogens with one attached hydrogen (secondary N) is 1. The van der Waals surface area contributed by atoms with Gasteiger partial charge in [-0.2, -0.15) is 0 Å². The van der Waals surface area contributed by atoms with E-state index < -0.39 is 6.04 Å². The minimum atomic E-state index is -0.455. The summed E-state index contributed by atoms with van der Waals surface area (Å²) in [5.74, 6) is 0.0209. The van der Waals surface area contributed by atoms with Gasteiger partial charge in [-0.3, -0.25) is 4.79 Å². The van der Waals surface area contributed by atoms with Crippen LogP contribution < -0.4 is 5.32 Å². The highest BCUT2D eigenvalue weighted by Crippen LogP contribution is 2.25. The van der Waals surface area contributed by atoms with E-state index in [4.69, 9.17) is 4.98 Å². The highest BCUT2D eigenvalue weighted by molar-refractivity contribution is 5.84. The van der Waals surface area contributed by atoms with Crippen molar-refractivity contribution in [1.29, 1.82) is 0 Å². The van der Waals surface area contributed by atoms with Gasteiger partial charge in [-0.05, 0) is 53.9 Å². The van der Waals surface area contributed by atoms with Crippen LogP contribution in [0.2, 0.25) is 0 Å². The maximum Gasteiger partial charge on any atom is 0.243 e. The largest absolute Gasteiger partial charge is 0.350 e. The van der Waals surface area contributed by atoms with Crippen LogP contribution in [0, 0.1) is 11.6 Å². The van der Waals surface area contributed by atoms with Crippen LogP contribution in [0.15, 0.2) is 72.8 Å². The summed E-state index contributed by atoms with van der Waals surface area (Å²) in [6, 6.07) is 19.6. The third-order valence-corrected chi connectivity index (χ3v) is 5.33. The van der Waals surface area contributed by atoms with Gasteiger partial charge in [-0.25, -0.2) is 13.8 Å². The SMILES string of the molecule is CCC(C(=O)NCc1ccc(F)cc1)n1c(Cc2ccc(F)cc2)nc2ccccc21. The quantitative estimate of drug-likeness (QED) is 0.449. The minimum absolute atomic E-state index is 0.129. The van der Waals surface area contributed by atoms with Crippen LogP contribution in [0.4, 0.5) is 8.78 Å². The average Bonchev–Trinajstić information content (AvgIpc) is 3.13. The van der Waals surface area contributed by atoms with Gasteiger partial charge in [0.2, 0.25) is 5.91 Å². The Morgan fingerprint density at radius 3 is 2.19 bits per heavy atom. The molecule has 1 amide bonds. The van der Waals surface area contributed by atoms with Crippen molar-refractivity contribution in [3.05, 3.63) is 101 Å². The van der Waals surface area contributed by atoms with Gasteiger partial charge in [0.1, 0.15) is 23.5 Å². The Labute approximate surface area is 179 Å². The fourth-order valence-electron chi connectivity index (χ4n) is 3.75. The summed E-state index contributed by atoms with van der Waals surface area (Å²) in [6.07, 6.45) is 1.06. The van der Waals surface area contributed by atoms with Gasteiger partial charge in [-0.15, -0.1) is 0 Å². The monoisotopic (exact) mass is 419 g/mol. The Kier molecular flexibility index (Phi) is 6.07. The molecule has 1 atom stereocenters. The second-order valence-corrected chi connectivity index (χ2v) is 7.46. The Bertz CT molecular complexity index is 1180. The molecule has 4 nitrogen and oxygen atoms in total. The zero-order valence-electron chi connectivity index (χ0n) is 17.2. The molecule has 1 N–H and O–H groups in total. The van der Waals surface area contributed by atoms with E-state index >= 15 is 0 Å². The lowest BCUT2D eigenvalue weighted by Gasteiger charge is -2.20. The summed E-state index contributed by atoms with van der Waals surface area (Å²) in [5.41, 5.74) is 3.43. The van der Waals surface area contributed by atoms with E-state index in [1.165, 1.54) is 24.3 Å². The Morgan fingerprint density at radius 2 is 1.55 bits per heavy atom. The molecule has 1 heterocycles. The van der Waals surface area contributed by atoms with Crippen LogP contribution in [0.5, 0.6) is 0 Å². The van der Waals surface area contributed by atoms with Crippen molar-refractivity contribution in [3.63, 3.8) is 0 Å². The number of para-hydroxylation sites is 2. The molecular weight excluding hydrogens is 396 g/mol.